The Labute approximate surface area is 423 Å². The second kappa shape index (κ2) is 22.4. The van der Waals surface area contributed by atoms with E-state index in [1.807, 2.05) is 0 Å². The first kappa shape index (κ1) is 53.1. The van der Waals surface area contributed by atoms with Gasteiger partial charge in [-0.1, -0.05) is 57.5 Å². The van der Waals surface area contributed by atoms with Crippen LogP contribution in [0.4, 0.5) is 34.1 Å². The van der Waals surface area contributed by atoms with Crippen molar-refractivity contribution in [2.75, 3.05) is 24.9 Å². The molecule has 0 heterocycles. The van der Waals surface area contributed by atoms with Crippen molar-refractivity contribution in [3.05, 3.63) is 118 Å². The number of halogens is 2. The van der Waals surface area contributed by atoms with Crippen molar-refractivity contribution >= 4 is 135 Å². The SMILES string of the molecule is COc1cc(N=Nc2c(S(=O)(=O)O)cc3cc(SOOO)cc(NC(=O)c4cccc(Cl)c4Cl)c3c2O)c(OC)cc1N=Nc1c(SOOO)cc2cc(S(=O)(=O)O)cc(NC(=O)c3ccccc3)c2c1O. The predicted octanol–water partition coefficient (Wildman–Crippen LogP) is 11.4. The molecule has 0 saturated carbocycles. The summed E-state index contributed by atoms with van der Waals surface area (Å²) in [6.07, 6.45) is 0. The Morgan fingerprint density at radius 3 is 1.79 bits per heavy atom. The Hall–Kier alpha value is -6.74. The molecule has 0 spiro atoms. The maximum atomic E-state index is 13.5. The van der Waals surface area contributed by atoms with Crippen molar-refractivity contribution < 1.29 is 84.5 Å². The van der Waals surface area contributed by atoms with Crippen LogP contribution in [-0.4, -0.2) is 72.7 Å². The molecular formula is C42H30Cl2N6O18S4. The van der Waals surface area contributed by atoms with Crippen LogP contribution in [-0.2, 0) is 39.0 Å². The van der Waals surface area contributed by atoms with E-state index >= 15 is 0 Å². The third-order valence-corrected chi connectivity index (χ3v) is 13.6. The number of phenolic OH excluding ortho intramolecular Hbond substituents is 2. The lowest BCUT2D eigenvalue weighted by Gasteiger charge is -2.15. The van der Waals surface area contributed by atoms with Gasteiger partial charge in [0.2, 0.25) is 0 Å². The van der Waals surface area contributed by atoms with Crippen LogP contribution in [0.25, 0.3) is 21.5 Å². The van der Waals surface area contributed by atoms with Crippen LogP contribution in [0.5, 0.6) is 23.0 Å². The van der Waals surface area contributed by atoms with Gasteiger partial charge in [-0.25, -0.2) is 10.5 Å². The highest BCUT2D eigenvalue weighted by molar-refractivity contribution is 7.95. The van der Waals surface area contributed by atoms with Gasteiger partial charge < -0.3 is 30.3 Å². The smallest absolute Gasteiger partial charge is 0.296 e. The number of rotatable bonds is 18. The number of amides is 2. The molecule has 0 unspecified atom stereocenters. The lowest BCUT2D eigenvalue weighted by Crippen LogP contribution is -2.13. The Kier molecular flexibility index (Phi) is 16.5. The van der Waals surface area contributed by atoms with E-state index in [2.05, 4.69) is 49.8 Å². The zero-order chi connectivity index (χ0) is 52.1. The molecule has 0 aliphatic carbocycles. The van der Waals surface area contributed by atoms with E-state index in [1.165, 1.54) is 74.9 Å². The van der Waals surface area contributed by atoms with Crippen molar-refractivity contribution in [2.45, 2.75) is 19.6 Å². The van der Waals surface area contributed by atoms with E-state index in [1.54, 1.807) is 18.2 Å². The van der Waals surface area contributed by atoms with Crippen molar-refractivity contribution in [1.29, 1.82) is 0 Å². The molecule has 0 saturated heterocycles. The number of methoxy groups -OCH3 is 2. The molecule has 30 heteroatoms. The second-order valence-corrected chi connectivity index (χ2v) is 19.3. The summed E-state index contributed by atoms with van der Waals surface area (Å²) in [6, 6.07) is 20.8. The summed E-state index contributed by atoms with van der Waals surface area (Å²) in [5.41, 5.74) is -2.05. The minimum Gasteiger partial charge on any atom is -0.505 e. The van der Waals surface area contributed by atoms with E-state index < -0.39 is 64.7 Å². The van der Waals surface area contributed by atoms with Crippen LogP contribution in [0.1, 0.15) is 20.7 Å². The van der Waals surface area contributed by atoms with Crippen LogP contribution in [0.3, 0.4) is 0 Å². The van der Waals surface area contributed by atoms with Gasteiger partial charge in [-0.3, -0.25) is 18.7 Å². The summed E-state index contributed by atoms with van der Waals surface area (Å²) >= 11 is 13.1. The molecule has 2 amide bonds. The minimum atomic E-state index is -5.23. The van der Waals surface area contributed by atoms with Gasteiger partial charge in [0.15, 0.2) is 11.5 Å². The number of carbonyl (C=O) groups is 2. The lowest BCUT2D eigenvalue weighted by molar-refractivity contribution is -0.432. The lowest BCUT2D eigenvalue weighted by atomic mass is 10.1. The number of nitrogens with one attached hydrogen (secondary N) is 2. The zero-order valence-electron chi connectivity index (χ0n) is 36.0. The number of benzene rings is 7. The fourth-order valence-corrected chi connectivity index (χ4v) is 9.29. The summed E-state index contributed by atoms with van der Waals surface area (Å²) in [4.78, 5) is 25.0. The summed E-state index contributed by atoms with van der Waals surface area (Å²) in [5.74, 6) is -3.52. The molecule has 7 aromatic rings. The quantitative estimate of drug-likeness (QED) is 0.0130. The number of aromatic hydroxyl groups is 2. The number of fused-ring (bicyclic) bond motifs is 2. The molecule has 24 nitrogen and oxygen atoms in total. The van der Waals surface area contributed by atoms with Gasteiger partial charge in [-0.15, -0.1) is 29.1 Å². The summed E-state index contributed by atoms with van der Waals surface area (Å²) in [6.45, 7) is 0. The predicted molar refractivity (Wildman–Crippen MR) is 259 cm³/mol. The molecule has 7 rings (SSSR count). The fraction of sp³-hybridized carbons (Fsp3) is 0.0476. The number of phenols is 2. The number of carbonyl (C=O) groups excluding carboxylic acids is 2. The van der Waals surface area contributed by atoms with Crippen LogP contribution in [0.15, 0.2) is 137 Å². The highest BCUT2D eigenvalue weighted by Crippen LogP contribution is 2.50. The van der Waals surface area contributed by atoms with E-state index in [0.717, 1.165) is 18.2 Å². The first-order valence-corrected chi connectivity index (χ1v) is 24.5. The van der Waals surface area contributed by atoms with Gasteiger partial charge in [0, 0.05) is 33.4 Å². The molecule has 0 aliphatic heterocycles. The molecule has 374 valence electrons. The van der Waals surface area contributed by atoms with Gasteiger partial charge in [0.05, 0.1) is 75.1 Å². The number of anilines is 2. The highest BCUT2D eigenvalue weighted by Gasteiger charge is 2.27. The normalized spacial score (nSPS) is 12.0. The third kappa shape index (κ3) is 11.6. The van der Waals surface area contributed by atoms with Gasteiger partial charge in [-0.05, 0) is 71.4 Å². The molecule has 0 radical (unpaired) electrons. The Balaban J connectivity index is 1.34. The molecule has 0 fully saturated rings. The Bertz CT molecular complexity index is 3600. The number of ether oxygens (including phenoxy) is 2. The maximum absolute atomic E-state index is 13.5. The number of nitrogens with zero attached hydrogens (tertiary/aromatic N) is 4. The highest BCUT2D eigenvalue weighted by atomic mass is 35.5. The topological polar surface area (TPSA) is 353 Å². The average molecular weight is 1110 g/mol. The number of hydrogen-bond donors (Lipinski definition) is 8. The van der Waals surface area contributed by atoms with E-state index in [-0.39, 0.29) is 98.8 Å². The Morgan fingerprint density at radius 2 is 1.19 bits per heavy atom. The van der Waals surface area contributed by atoms with Crippen LogP contribution in [0.2, 0.25) is 10.0 Å². The molecule has 72 heavy (non-hydrogen) atoms. The van der Waals surface area contributed by atoms with Gasteiger partial charge >= 0.3 is 0 Å². The van der Waals surface area contributed by atoms with Crippen molar-refractivity contribution in [3.63, 3.8) is 0 Å². The average Bonchev–Trinajstić information content (AvgIpc) is 3.34. The zero-order valence-corrected chi connectivity index (χ0v) is 40.8. The summed E-state index contributed by atoms with van der Waals surface area (Å²) < 4.78 is 90.7. The van der Waals surface area contributed by atoms with Crippen molar-refractivity contribution in [3.8, 4) is 23.0 Å². The molecule has 8 N–H and O–H groups in total. The van der Waals surface area contributed by atoms with Crippen molar-refractivity contribution in [2.24, 2.45) is 20.5 Å². The number of azo groups is 2. The maximum Gasteiger partial charge on any atom is 0.296 e. The van der Waals surface area contributed by atoms with Gasteiger partial charge in [-0.2, -0.15) is 16.8 Å². The molecule has 0 bridgehead atoms. The fourth-order valence-electron chi connectivity index (χ4n) is 6.76. The van der Waals surface area contributed by atoms with Crippen LogP contribution in [0, 0.1) is 0 Å². The van der Waals surface area contributed by atoms with E-state index in [0.29, 0.717) is 12.0 Å². The largest absolute Gasteiger partial charge is 0.505 e. The molecule has 0 atom stereocenters. The first-order chi connectivity index (χ1) is 34.3. The monoisotopic (exact) mass is 1100 g/mol. The minimum absolute atomic E-state index is 0.0400. The molecule has 0 aliphatic rings. The van der Waals surface area contributed by atoms with Crippen molar-refractivity contribution in [1.82, 2.24) is 0 Å². The standard InChI is InChI=1S/C42H30Cl2N6O18S4/c1-63-30-18-27(48-50-38-33(72(60,61)62)14-20-11-22(69-67-65-55)15-28(34(20)40(38)52)46-42(54)24-9-6-10-25(43)36(24)44)31(64-2)17-26(30)47-49-37-32(70-68-66-56)13-21-12-23(71(57,58)59)16-29(35(21)39(37)51)45-41(53)19-7-4-3-5-8-19/h3-18,51-52,55-56H,1-2H3,(H,45,53)(H,46,54)(H,57,58,59)(H,60,61,62). The molecule has 7 aromatic carbocycles. The van der Waals surface area contributed by atoms with E-state index in [4.69, 9.17) is 43.2 Å². The van der Waals surface area contributed by atoms with E-state index in [9.17, 15) is 45.7 Å². The molecular weight excluding hydrogens is 1080 g/mol. The van der Waals surface area contributed by atoms with Crippen LogP contribution >= 0.6 is 47.3 Å². The van der Waals surface area contributed by atoms with Gasteiger partial charge in [0.25, 0.3) is 32.1 Å². The number of hydrogen-bond acceptors (Lipinski definition) is 22. The Morgan fingerprint density at radius 1 is 0.625 bits per heavy atom. The third-order valence-electron chi connectivity index (χ3n) is 9.86. The first-order valence-electron chi connectivity index (χ1n) is 19.4. The summed E-state index contributed by atoms with van der Waals surface area (Å²) in [7, 11) is -7.72. The van der Waals surface area contributed by atoms with Crippen LogP contribution < -0.4 is 20.1 Å². The second-order valence-electron chi connectivity index (χ2n) is 14.2. The van der Waals surface area contributed by atoms with Gasteiger partial charge in [0.1, 0.15) is 39.1 Å². The summed E-state index contributed by atoms with van der Waals surface area (Å²) in [5, 5.41) is 69.4. The molecule has 0 aromatic heterocycles.